The van der Waals surface area contributed by atoms with E-state index in [0.717, 1.165) is 23.0 Å². The minimum Gasteiger partial charge on any atom is -0.477 e. The summed E-state index contributed by atoms with van der Waals surface area (Å²) in [5, 5.41) is 8.59. The lowest BCUT2D eigenvalue weighted by Crippen LogP contribution is -2.28. The Morgan fingerprint density at radius 3 is 2.68 bits per heavy atom. The summed E-state index contributed by atoms with van der Waals surface area (Å²) in [6, 6.07) is 0.534. The monoisotopic (exact) mass is 353 g/mol. The number of carboxylic acids is 1. The van der Waals surface area contributed by atoms with Crippen molar-refractivity contribution in [2.45, 2.75) is 12.5 Å². The number of aromatic carboxylic acids is 1. The quantitative estimate of drug-likeness (QED) is 0.880. The van der Waals surface area contributed by atoms with Crippen molar-refractivity contribution in [3.8, 4) is 0 Å². The summed E-state index contributed by atoms with van der Waals surface area (Å²) >= 11 is 0. The Kier molecular flexibility index (Phi) is 4.25. The van der Waals surface area contributed by atoms with Crippen molar-refractivity contribution >= 4 is 28.8 Å². The normalized spacial score (nSPS) is 17.8. The smallest absolute Gasteiger partial charge is 0.341 e. The number of carboxylic acid groups (broad SMARTS) is 1. The Morgan fingerprint density at radius 2 is 2.12 bits per heavy atom. The van der Waals surface area contributed by atoms with Gasteiger partial charge < -0.3 is 20.3 Å². The van der Waals surface area contributed by atoms with Gasteiger partial charge in [0, 0.05) is 31.5 Å². The van der Waals surface area contributed by atoms with E-state index in [1.807, 2.05) is 0 Å². The summed E-state index contributed by atoms with van der Waals surface area (Å²) in [6.07, 6.45) is 2.15. The molecule has 6 nitrogen and oxygen atoms in total. The highest BCUT2D eigenvalue weighted by Crippen LogP contribution is 2.32. The molecule has 0 amide bonds. The fraction of sp³-hybridized carbons (Fsp3) is 0.250. The van der Waals surface area contributed by atoms with Gasteiger partial charge in [0.2, 0.25) is 5.43 Å². The van der Waals surface area contributed by atoms with Crippen LogP contribution in [-0.4, -0.2) is 34.8 Å². The molecule has 132 valence electrons. The highest BCUT2D eigenvalue weighted by molar-refractivity contribution is 5.94. The van der Waals surface area contributed by atoms with Gasteiger partial charge in [-0.25, -0.2) is 18.0 Å². The first-order valence-electron chi connectivity index (χ1n) is 7.42. The minimum absolute atomic E-state index is 0.0593. The molecule has 1 aliphatic rings. The van der Waals surface area contributed by atoms with Crippen LogP contribution in [0, 0.1) is 11.6 Å². The van der Waals surface area contributed by atoms with E-state index in [1.54, 1.807) is 0 Å². The van der Waals surface area contributed by atoms with Gasteiger partial charge in [-0.2, -0.15) is 0 Å². The van der Waals surface area contributed by atoms with E-state index in [1.165, 1.54) is 4.90 Å². The van der Waals surface area contributed by atoms with Gasteiger partial charge in [-0.05, 0) is 12.5 Å². The molecule has 3 rings (SSSR count). The van der Waals surface area contributed by atoms with Crippen molar-refractivity contribution in [3.63, 3.8) is 0 Å². The van der Waals surface area contributed by atoms with Crippen LogP contribution in [0.5, 0.6) is 0 Å². The number of halogens is 3. The molecule has 3 N–H and O–H groups in total. The maximum atomic E-state index is 15.0. The third-order valence-corrected chi connectivity index (χ3v) is 4.17. The predicted molar refractivity (Wildman–Crippen MR) is 86.3 cm³/mol. The van der Waals surface area contributed by atoms with Gasteiger partial charge in [-0.1, -0.05) is 0 Å². The van der Waals surface area contributed by atoms with Gasteiger partial charge in [0.25, 0.3) is 0 Å². The maximum Gasteiger partial charge on any atom is 0.341 e. The zero-order valence-electron chi connectivity index (χ0n) is 12.9. The third-order valence-electron chi connectivity index (χ3n) is 4.17. The van der Waals surface area contributed by atoms with Crippen LogP contribution < -0.4 is 16.1 Å². The SMILES string of the molecule is NC1CCN(c2c(F)cc3c(=O)c(C(=O)O)cn(/C=C/F)c3c2F)C1. The average Bonchev–Trinajstić information content (AvgIpc) is 2.96. The molecule has 0 aliphatic carbocycles. The highest BCUT2D eigenvalue weighted by atomic mass is 19.1. The number of benzene rings is 1. The standard InChI is InChI=1S/C16H14F3N3O3/c17-2-4-22-7-10(16(24)25)15(23)9-5-11(18)14(12(19)13(9)22)21-3-1-8(20)6-21/h2,4-5,7-8H,1,3,6,20H2,(H,24,25)/b4-2+. The second-order valence-corrected chi connectivity index (χ2v) is 5.77. The van der Waals surface area contributed by atoms with Gasteiger partial charge in [-0.15, -0.1) is 0 Å². The summed E-state index contributed by atoms with van der Waals surface area (Å²) in [5.74, 6) is -3.66. The summed E-state index contributed by atoms with van der Waals surface area (Å²) in [4.78, 5) is 24.8. The Labute approximate surface area is 139 Å². The molecule has 1 fully saturated rings. The van der Waals surface area contributed by atoms with Gasteiger partial charge in [0.15, 0.2) is 5.82 Å². The molecule has 1 aliphatic heterocycles. The summed E-state index contributed by atoms with van der Waals surface area (Å²) in [6.45, 7) is 0.562. The lowest BCUT2D eigenvalue weighted by Gasteiger charge is -2.21. The fourth-order valence-corrected chi connectivity index (χ4v) is 3.04. The molecule has 1 unspecified atom stereocenters. The molecule has 0 radical (unpaired) electrons. The van der Waals surface area contributed by atoms with E-state index < -0.39 is 39.5 Å². The molecular weight excluding hydrogens is 339 g/mol. The third kappa shape index (κ3) is 2.76. The molecule has 0 saturated carbocycles. The molecule has 0 spiro atoms. The van der Waals surface area contributed by atoms with E-state index in [9.17, 15) is 18.4 Å². The number of fused-ring (bicyclic) bond motifs is 1. The predicted octanol–water partition coefficient (Wildman–Crippen LogP) is 1.91. The Hall–Kier alpha value is -2.81. The zero-order chi connectivity index (χ0) is 18.3. The van der Waals surface area contributed by atoms with Crippen molar-refractivity contribution < 1.29 is 23.1 Å². The molecule has 1 atom stereocenters. The first-order chi connectivity index (χ1) is 11.8. The average molecular weight is 353 g/mol. The van der Waals surface area contributed by atoms with Gasteiger partial charge in [0.1, 0.15) is 23.4 Å². The van der Waals surface area contributed by atoms with Crippen LogP contribution in [0.2, 0.25) is 0 Å². The van der Waals surface area contributed by atoms with Crippen LogP contribution in [0.15, 0.2) is 23.4 Å². The fourth-order valence-electron chi connectivity index (χ4n) is 3.04. The first kappa shape index (κ1) is 17.0. The number of aromatic nitrogens is 1. The second kappa shape index (κ2) is 6.25. The molecule has 1 saturated heterocycles. The Bertz CT molecular complexity index is 955. The van der Waals surface area contributed by atoms with Crippen LogP contribution in [0.3, 0.4) is 0 Å². The molecule has 2 heterocycles. The van der Waals surface area contributed by atoms with E-state index in [0.29, 0.717) is 13.0 Å². The number of anilines is 1. The maximum absolute atomic E-state index is 15.0. The number of rotatable bonds is 3. The van der Waals surface area contributed by atoms with E-state index >= 15 is 4.39 Å². The van der Waals surface area contributed by atoms with Crippen molar-refractivity contribution in [2.24, 2.45) is 5.73 Å². The van der Waals surface area contributed by atoms with Crippen molar-refractivity contribution in [2.75, 3.05) is 18.0 Å². The molecule has 9 heteroatoms. The van der Waals surface area contributed by atoms with E-state index in [-0.39, 0.29) is 24.6 Å². The Morgan fingerprint density at radius 1 is 1.40 bits per heavy atom. The highest BCUT2D eigenvalue weighted by Gasteiger charge is 2.28. The minimum atomic E-state index is -1.58. The summed E-state index contributed by atoms with van der Waals surface area (Å²) in [5.41, 5.74) is 3.22. The second-order valence-electron chi connectivity index (χ2n) is 5.77. The number of pyridine rings is 1. The van der Waals surface area contributed by atoms with Crippen LogP contribution in [0.25, 0.3) is 17.1 Å². The first-order valence-corrected chi connectivity index (χ1v) is 7.42. The van der Waals surface area contributed by atoms with Crippen LogP contribution in [0.1, 0.15) is 16.8 Å². The van der Waals surface area contributed by atoms with E-state index in [2.05, 4.69) is 0 Å². The van der Waals surface area contributed by atoms with E-state index in [4.69, 9.17) is 10.8 Å². The van der Waals surface area contributed by atoms with Crippen molar-refractivity contribution in [1.82, 2.24) is 4.57 Å². The van der Waals surface area contributed by atoms with Crippen LogP contribution in [-0.2, 0) is 0 Å². The van der Waals surface area contributed by atoms with Gasteiger partial charge in [-0.3, -0.25) is 4.79 Å². The number of nitrogens with zero attached hydrogens (tertiary/aromatic N) is 2. The topological polar surface area (TPSA) is 88.6 Å². The zero-order valence-corrected chi connectivity index (χ0v) is 12.9. The number of nitrogens with two attached hydrogens (primary N) is 1. The lowest BCUT2D eigenvalue weighted by molar-refractivity contribution is 0.0695. The summed E-state index contributed by atoms with van der Waals surface area (Å²) in [7, 11) is 0. The Balaban J connectivity index is 2.38. The number of hydrogen-bond acceptors (Lipinski definition) is 4. The molecule has 2 aromatic rings. The molecule has 1 aromatic carbocycles. The van der Waals surface area contributed by atoms with Gasteiger partial charge in [0.05, 0.1) is 10.9 Å². The molecular formula is C16H14F3N3O3. The molecule has 25 heavy (non-hydrogen) atoms. The molecule has 1 aromatic heterocycles. The van der Waals surface area contributed by atoms with Crippen LogP contribution in [0.4, 0.5) is 18.9 Å². The molecule has 0 bridgehead atoms. The summed E-state index contributed by atoms with van der Waals surface area (Å²) < 4.78 is 43.0. The van der Waals surface area contributed by atoms with Gasteiger partial charge >= 0.3 is 5.97 Å². The largest absolute Gasteiger partial charge is 0.477 e. The number of carbonyl (C=O) groups is 1. The lowest BCUT2D eigenvalue weighted by atomic mass is 10.1. The van der Waals surface area contributed by atoms with Crippen molar-refractivity contribution in [1.29, 1.82) is 0 Å². The van der Waals surface area contributed by atoms with Crippen LogP contribution >= 0.6 is 0 Å². The van der Waals surface area contributed by atoms with Crippen molar-refractivity contribution in [3.05, 3.63) is 46.0 Å². The number of hydrogen-bond donors (Lipinski definition) is 2.